The highest BCUT2D eigenvalue weighted by Gasteiger charge is 2.73. The second-order valence-corrected chi connectivity index (χ2v) is 10.2. The number of alkyl halides is 10. The number of nitrogens with one attached hydrogen (secondary N) is 1. The average molecular weight is 761 g/mol. The van der Waals surface area contributed by atoms with E-state index in [1.165, 1.54) is 30.3 Å². The van der Waals surface area contributed by atoms with Gasteiger partial charge in [-0.3, -0.25) is 9.59 Å². The van der Waals surface area contributed by atoms with Crippen molar-refractivity contribution < 1.29 is 57.9 Å². The lowest BCUT2D eigenvalue weighted by Crippen LogP contribution is -2.50. The number of rotatable bonds is 7. The molecule has 45 heavy (non-hydrogen) atoms. The van der Waals surface area contributed by atoms with Crippen LogP contribution in [0.3, 0.4) is 0 Å². The summed E-state index contributed by atoms with van der Waals surface area (Å²) < 4.78 is 150. The van der Waals surface area contributed by atoms with Gasteiger partial charge in [0.2, 0.25) is 0 Å². The fraction of sp³-hybridized carbons (Fsp3) is 0.179. The summed E-state index contributed by atoms with van der Waals surface area (Å²) >= 11 is 0.864. The third kappa shape index (κ3) is 6.89. The van der Waals surface area contributed by atoms with E-state index in [0.717, 1.165) is 45.7 Å². The van der Waals surface area contributed by atoms with Gasteiger partial charge in [0.05, 0.1) is 34.1 Å². The smallest absolute Gasteiger partial charge is 0.320 e. The number of anilines is 2. The van der Waals surface area contributed by atoms with Crippen LogP contribution in [0.2, 0.25) is 0 Å². The van der Waals surface area contributed by atoms with Gasteiger partial charge in [-0.1, -0.05) is 12.1 Å². The Hall–Kier alpha value is -4.21. The number of benzene rings is 3. The number of carbonyl (C=O) groups is 2. The first-order chi connectivity index (χ1) is 20.7. The SMILES string of the molecule is C=CCN(C(=O)c1ccc(C#N)cc1)c1cccc(C(=O)Nc2c(I)cc(C(F)(C(F)(F)F)C(F)(F)F)cc2C(F)(F)F)c1F. The maximum absolute atomic E-state index is 15.7. The molecule has 0 bridgehead atoms. The van der Waals surface area contributed by atoms with Gasteiger partial charge in [-0.15, -0.1) is 6.58 Å². The molecule has 0 atom stereocenters. The lowest BCUT2D eigenvalue weighted by atomic mass is 9.92. The van der Waals surface area contributed by atoms with E-state index in [9.17, 15) is 53.5 Å². The van der Waals surface area contributed by atoms with E-state index in [1.807, 2.05) is 6.07 Å². The van der Waals surface area contributed by atoms with Gasteiger partial charge in [0, 0.05) is 21.2 Å². The van der Waals surface area contributed by atoms with Gasteiger partial charge in [0.25, 0.3) is 11.8 Å². The largest absolute Gasteiger partial charge is 0.435 e. The second kappa shape index (κ2) is 12.7. The highest BCUT2D eigenvalue weighted by Crippen LogP contribution is 2.54. The van der Waals surface area contributed by atoms with Crippen molar-refractivity contribution in [2.45, 2.75) is 24.2 Å². The summed E-state index contributed by atoms with van der Waals surface area (Å²) in [4.78, 5) is 26.9. The predicted molar refractivity (Wildman–Crippen MR) is 146 cm³/mol. The monoisotopic (exact) mass is 761 g/mol. The molecule has 0 heterocycles. The Kier molecular flexibility index (Phi) is 9.92. The molecule has 0 spiro atoms. The molecule has 5 nitrogen and oxygen atoms in total. The van der Waals surface area contributed by atoms with Crippen molar-refractivity contribution in [2.75, 3.05) is 16.8 Å². The molecule has 0 radical (unpaired) electrons. The fourth-order valence-electron chi connectivity index (χ4n) is 3.99. The Bertz CT molecular complexity index is 1660. The average Bonchev–Trinajstić information content (AvgIpc) is 2.94. The zero-order valence-electron chi connectivity index (χ0n) is 21.9. The summed E-state index contributed by atoms with van der Waals surface area (Å²) in [6.45, 7) is 3.11. The lowest BCUT2D eigenvalue weighted by molar-refractivity contribution is -0.348. The normalized spacial score (nSPS) is 12.3. The molecular weight excluding hydrogens is 746 g/mol. The molecule has 1 N–H and O–H groups in total. The summed E-state index contributed by atoms with van der Waals surface area (Å²) in [5, 5.41) is 10.6. The van der Waals surface area contributed by atoms with Crippen LogP contribution in [-0.2, 0) is 11.8 Å². The Morgan fingerprint density at radius 2 is 1.51 bits per heavy atom. The van der Waals surface area contributed by atoms with Crippen molar-refractivity contribution in [1.29, 1.82) is 5.26 Å². The van der Waals surface area contributed by atoms with E-state index in [-0.39, 0.29) is 23.7 Å². The standard InChI is InChI=1S/C28H15F11IN3O2/c1-2-10-43(24(45)15-8-6-14(13-41)7-9-15)20-5-3-4-17(21(20)29)23(44)42-22-18(26(31,32)33)11-16(12-19(22)40)25(30,27(34,35)36)28(37,38)39/h2-9,11-12H,1,10H2,(H,42,44). The number of nitriles is 1. The van der Waals surface area contributed by atoms with Gasteiger partial charge in [0.1, 0.15) is 0 Å². The first kappa shape index (κ1) is 35.3. The maximum Gasteiger partial charge on any atom is 0.435 e. The topological polar surface area (TPSA) is 73.2 Å². The van der Waals surface area contributed by atoms with E-state index in [4.69, 9.17) is 5.26 Å². The Morgan fingerprint density at radius 1 is 0.933 bits per heavy atom. The molecule has 0 saturated heterocycles. The molecule has 3 aromatic rings. The van der Waals surface area contributed by atoms with E-state index >= 15 is 4.39 Å². The van der Waals surface area contributed by atoms with Crippen LogP contribution < -0.4 is 10.2 Å². The van der Waals surface area contributed by atoms with Crippen LogP contribution in [0.5, 0.6) is 0 Å². The van der Waals surface area contributed by atoms with Gasteiger partial charge < -0.3 is 10.2 Å². The molecule has 0 aliphatic carbocycles. The molecule has 2 amide bonds. The van der Waals surface area contributed by atoms with E-state index in [0.29, 0.717) is 0 Å². The second-order valence-electron chi connectivity index (χ2n) is 9.02. The molecule has 3 aromatic carbocycles. The van der Waals surface area contributed by atoms with Crippen LogP contribution in [0, 0.1) is 20.7 Å². The minimum atomic E-state index is -6.72. The van der Waals surface area contributed by atoms with Gasteiger partial charge in [0.15, 0.2) is 5.82 Å². The van der Waals surface area contributed by atoms with Crippen LogP contribution in [-0.4, -0.2) is 30.7 Å². The number of amides is 2. The van der Waals surface area contributed by atoms with Gasteiger partial charge >= 0.3 is 24.2 Å². The first-order valence-electron chi connectivity index (χ1n) is 11.9. The predicted octanol–water partition coefficient (Wildman–Crippen LogP) is 8.70. The fourth-order valence-corrected chi connectivity index (χ4v) is 4.75. The summed E-state index contributed by atoms with van der Waals surface area (Å²) in [6, 6.07) is 8.85. The van der Waals surface area contributed by atoms with Crippen molar-refractivity contribution in [3.05, 3.63) is 104 Å². The number of carbonyl (C=O) groups excluding carboxylic acids is 2. The van der Waals surface area contributed by atoms with Crippen LogP contribution >= 0.6 is 22.6 Å². The van der Waals surface area contributed by atoms with Crippen molar-refractivity contribution >= 4 is 45.8 Å². The lowest BCUT2D eigenvalue weighted by Gasteiger charge is -2.31. The number of hydrogen-bond donors (Lipinski definition) is 1. The van der Waals surface area contributed by atoms with E-state index in [2.05, 4.69) is 6.58 Å². The molecule has 3 rings (SSSR count). The maximum atomic E-state index is 15.7. The third-order valence-electron chi connectivity index (χ3n) is 6.14. The van der Waals surface area contributed by atoms with Crippen molar-refractivity contribution in [2.24, 2.45) is 0 Å². The van der Waals surface area contributed by atoms with Crippen LogP contribution in [0.1, 0.15) is 37.4 Å². The quantitative estimate of drug-likeness (QED) is 0.149. The Balaban J connectivity index is 2.11. The molecule has 17 heteroatoms. The van der Waals surface area contributed by atoms with E-state index < -0.39 is 79.5 Å². The minimum absolute atomic E-state index is 0.0313. The zero-order chi connectivity index (χ0) is 34.1. The van der Waals surface area contributed by atoms with E-state index in [1.54, 1.807) is 5.32 Å². The highest BCUT2D eigenvalue weighted by molar-refractivity contribution is 14.1. The molecule has 0 aliphatic rings. The summed E-state index contributed by atoms with van der Waals surface area (Å²) in [6.07, 6.45) is -18.0. The molecule has 0 fully saturated rings. The molecular formula is C28H15F11IN3O2. The van der Waals surface area contributed by atoms with Gasteiger partial charge in [-0.25, -0.2) is 8.78 Å². The Morgan fingerprint density at radius 3 is 2.00 bits per heavy atom. The number of hydrogen-bond acceptors (Lipinski definition) is 3. The number of halogens is 12. The van der Waals surface area contributed by atoms with Gasteiger partial charge in [-0.2, -0.15) is 44.8 Å². The molecule has 0 aliphatic heterocycles. The molecule has 238 valence electrons. The van der Waals surface area contributed by atoms with Crippen LogP contribution in [0.4, 0.5) is 59.7 Å². The van der Waals surface area contributed by atoms with Crippen molar-refractivity contribution in [1.82, 2.24) is 0 Å². The molecule has 0 unspecified atom stereocenters. The summed E-state index contributed by atoms with van der Waals surface area (Å²) in [5.41, 5.74) is -13.7. The number of nitrogens with zero attached hydrogens (tertiary/aromatic N) is 2. The third-order valence-corrected chi connectivity index (χ3v) is 7.00. The molecule has 0 saturated carbocycles. The van der Waals surface area contributed by atoms with Crippen molar-refractivity contribution in [3.63, 3.8) is 0 Å². The molecule has 0 aromatic heterocycles. The highest BCUT2D eigenvalue weighted by atomic mass is 127. The van der Waals surface area contributed by atoms with Gasteiger partial charge in [-0.05, 0) is 71.1 Å². The van der Waals surface area contributed by atoms with Crippen LogP contribution in [0.15, 0.2) is 67.3 Å². The Labute approximate surface area is 260 Å². The summed E-state index contributed by atoms with van der Waals surface area (Å²) in [5.74, 6) is -3.94. The minimum Gasteiger partial charge on any atom is -0.320 e. The summed E-state index contributed by atoms with van der Waals surface area (Å²) in [7, 11) is 0. The zero-order valence-corrected chi connectivity index (χ0v) is 24.1. The van der Waals surface area contributed by atoms with Crippen molar-refractivity contribution in [3.8, 4) is 6.07 Å². The first-order valence-corrected chi connectivity index (χ1v) is 13.0. The van der Waals surface area contributed by atoms with Crippen LogP contribution in [0.25, 0.3) is 0 Å².